The van der Waals surface area contributed by atoms with Crippen LogP contribution >= 0.6 is 11.6 Å². The highest BCUT2D eigenvalue weighted by atomic mass is 35.5. The van der Waals surface area contributed by atoms with Gasteiger partial charge in [0.05, 0.1) is 23.8 Å². The Labute approximate surface area is 130 Å². The van der Waals surface area contributed by atoms with Gasteiger partial charge in [-0.05, 0) is 26.7 Å². The number of fused-ring (bicyclic) bond motifs is 1. The summed E-state index contributed by atoms with van der Waals surface area (Å²) in [7, 11) is 1.95. The quantitative estimate of drug-likeness (QED) is 0.796. The van der Waals surface area contributed by atoms with E-state index in [4.69, 9.17) is 16.3 Å². The van der Waals surface area contributed by atoms with E-state index in [9.17, 15) is 0 Å². The van der Waals surface area contributed by atoms with E-state index in [-0.39, 0.29) is 5.38 Å². The molecule has 21 heavy (non-hydrogen) atoms. The molecule has 0 aromatic carbocycles. The zero-order valence-corrected chi connectivity index (χ0v) is 13.7. The normalized spacial score (nSPS) is 17.9. The molecule has 1 unspecified atom stereocenters. The van der Waals surface area contributed by atoms with Crippen LogP contribution in [-0.4, -0.2) is 32.0 Å². The number of aryl methyl sites for hydroxylation is 2. The van der Waals surface area contributed by atoms with Crippen molar-refractivity contribution >= 4 is 22.8 Å². The van der Waals surface area contributed by atoms with Gasteiger partial charge in [0.2, 0.25) is 0 Å². The van der Waals surface area contributed by atoms with Crippen LogP contribution in [0.1, 0.15) is 49.5 Å². The molecule has 0 aliphatic heterocycles. The summed E-state index contributed by atoms with van der Waals surface area (Å²) in [4.78, 5) is 4.68. The van der Waals surface area contributed by atoms with Gasteiger partial charge in [0.1, 0.15) is 11.3 Å². The van der Waals surface area contributed by atoms with Gasteiger partial charge < -0.3 is 9.30 Å². The van der Waals surface area contributed by atoms with E-state index >= 15 is 0 Å². The van der Waals surface area contributed by atoms with Crippen LogP contribution in [0.5, 0.6) is 0 Å². The van der Waals surface area contributed by atoms with Crippen LogP contribution in [0.4, 0.5) is 0 Å². The van der Waals surface area contributed by atoms with Gasteiger partial charge in [0.25, 0.3) is 0 Å². The topological polar surface area (TPSA) is 44.9 Å². The Morgan fingerprint density at radius 1 is 1.38 bits per heavy atom. The van der Waals surface area contributed by atoms with Crippen molar-refractivity contribution in [2.45, 2.75) is 57.6 Å². The number of ether oxygens (including phenoxy) is 1. The molecule has 2 aromatic rings. The predicted octanol–water partition coefficient (Wildman–Crippen LogP) is 3.34. The van der Waals surface area contributed by atoms with Crippen molar-refractivity contribution < 1.29 is 4.74 Å². The number of imidazole rings is 1. The molecule has 0 spiro atoms. The number of alkyl halides is 1. The summed E-state index contributed by atoms with van der Waals surface area (Å²) < 4.78 is 10.0. The van der Waals surface area contributed by atoms with Gasteiger partial charge in [-0.15, -0.1) is 11.6 Å². The zero-order chi connectivity index (χ0) is 15.0. The molecule has 0 saturated heterocycles. The molecule has 2 aromatic heterocycles. The van der Waals surface area contributed by atoms with Crippen LogP contribution in [0.3, 0.4) is 0 Å². The molecule has 5 nitrogen and oxygen atoms in total. The summed E-state index contributed by atoms with van der Waals surface area (Å²) in [6.45, 7) is 5.42. The van der Waals surface area contributed by atoms with Crippen molar-refractivity contribution in [3.05, 3.63) is 11.5 Å². The number of halogens is 1. The van der Waals surface area contributed by atoms with Gasteiger partial charge in [-0.25, -0.2) is 4.98 Å². The van der Waals surface area contributed by atoms with Crippen LogP contribution in [0.2, 0.25) is 0 Å². The van der Waals surface area contributed by atoms with E-state index in [0.29, 0.717) is 12.7 Å². The predicted molar refractivity (Wildman–Crippen MR) is 83.7 cm³/mol. The number of nitrogens with zero attached hydrogens (tertiary/aromatic N) is 4. The molecule has 1 aliphatic carbocycles. The second kappa shape index (κ2) is 5.97. The Morgan fingerprint density at radius 2 is 2.10 bits per heavy atom. The summed E-state index contributed by atoms with van der Waals surface area (Å²) in [5.74, 6) is 0.901. The lowest BCUT2D eigenvalue weighted by molar-refractivity contribution is 0.0530. The van der Waals surface area contributed by atoms with E-state index in [1.165, 1.54) is 25.7 Å². The Balaban J connectivity index is 1.82. The average Bonchev–Trinajstić information content (AvgIpc) is 3.10. The fourth-order valence-electron chi connectivity index (χ4n) is 3.24. The summed E-state index contributed by atoms with van der Waals surface area (Å²) in [5, 5.41) is 4.32. The molecule has 1 saturated carbocycles. The molecule has 1 fully saturated rings. The summed E-state index contributed by atoms with van der Waals surface area (Å²) in [6, 6.07) is 0. The first-order valence-electron chi connectivity index (χ1n) is 7.73. The number of aromatic nitrogens is 4. The van der Waals surface area contributed by atoms with Crippen LogP contribution in [0.15, 0.2) is 0 Å². The number of hydrogen-bond donors (Lipinski definition) is 0. The van der Waals surface area contributed by atoms with Crippen molar-refractivity contribution in [2.24, 2.45) is 7.05 Å². The van der Waals surface area contributed by atoms with Gasteiger partial charge in [0, 0.05) is 13.6 Å². The van der Waals surface area contributed by atoms with Crippen molar-refractivity contribution in [2.75, 3.05) is 6.61 Å². The smallest absolute Gasteiger partial charge is 0.158 e. The van der Waals surface area contributed by atoms with Gasteiger partial charge >= 0.3 is 0 Å². The Hall–Kier alpha value is -1.07. The SMILES string of the molecule is Cc1nn(C)c2c1nc(C(C)Cl)n2CCOC1CCCC1. The van der Waals surface area contributed by atoms with Gasteiger partial charge in [-0.1, -0.05) is 12.8 Å². The Morgan fingerprint density at radius 3 is 2.76 bits per heavy atom. The molecule has 1 aliphatic rings. The molecule has 0 bridgehead atoms. The lowest BCUT2D eigenvalue weighted by Crippen LogP contribution is -2.16. The third-order valence-corrected chi connectivity index (χ3v) is 4.44. The second-order valence-electron chi connectivity index (χ2n) is 5.90. The van der Waals surface area contributed by atoms with Crippen LogP contribution < -0.4 is 0 Å². The molecule has 0 N–H and O–H groups in total. The van der Waals surface area contributed by atoms with E-state index in [2.05, 4.69) is 14.6 Å². The molecule has 1 atom stereocenters. The standard InChI is InChI=1S/C15H23ClN4O/c1-10(16)14-17-13-11(2)18-19(3)15(13)20(14)8-9-21-12-6-4-5-7-12/h10,12H,4-9H2,1-3H3. The Kier molecular flexibility index (Phi) is 4.22. The van der Waals surface area contributed by atoms with Crippen LogP contribution in [-0.2, 0) is 18.3 Å². The van der Waals surface area contributed by atoms with E-state index in [1.807, 2.05) is 25.6 Å². The van der Waals surface area contributed by atoms with E-state index < -0.39 is 0 Å². The van der Waals surface area contributed by atoms with E-state index in [1.54, 1.807) is 0 Å². The maximum atomic E-state index is 6.29. The Bertz CT molecular complexity index is 625. The van der Waals surface area contributed by atoms with Crippen molar-refractivity contribution in [1.82, 2.24) is 19.3 Å². The fraction of sp³-hybridized carbons (Fsp3) is 0.733. The molecule has 6 heteroatoms. The minimum absolute atomic E-state index is 0.122. The minimum atomic E-state index is -0.122. The molecule has 3 rings (SSSR count). The lowest BCUT2D eigenvalue weighted by atomic mass is 10.3. The van der Waals surface area contributed by atoms with Crippen LogP contribution in [0, 0.1) is 6.92 Å². The highest BCUT2D eigenvalue weighted by molar-refractivity contribution is 6.20. The molecule has 0 amide bonds. The third kappa shape index (κ3) is 2.81. The van der Waals surface area contributed by atoms with Gasteiger partial charge in [-0.3, -0.25) is 4.68 Å². The molecule has 2 heterocycles. The van der Waals surface area contributed by atoms with Crippen molar-refractivity contribution in [1.29, 1.82) is 0 Å². The third-order valence-electron chi connectivity index (χ3n) is 4.25. The lowest BCUT2D eigenvalue weighted by Gasteiger charge is -2.14. The monoisotopic (exact) mass is 310 g/mol. The fourth-order valence-corrected chi connectivity index (χ4v) is 3.41. The van der Waals surface area contributed by atoms with Gasteiger partial charge in [-0.2, -0.15) is 5.10 Å². The number of rotatable bonds is 5. The minimum Gasteiger partial charge on any atom is -0.376 e. The summed E-state index contributed by atoms with van der Waals surface area (Å²) in [5.41, 5.74) is 2.92. The maximum Gasteiger partial charge on any atom is 0.158 e. The second-order valence-corrected chi connectivity index (χ2v) is 6.55. The summed E-state index contributed by atoms with van der Waals surface area (Å²) in [6.07, 6.45) is 5.43. The first-order chi connectivity index (χ1) is 10.1. The molecule has 116 valence electrons. The van der Waals surface area contributed by atoms with Crippen molar-refractivity contribution in [3.8, 4) is 0 Å². The largest absolute Gasteiger partial charge is 0.376 e. The molecular formula is C15H23ClN4O. The highest BCUT2D eigenvalue weighted by Crippen LogP contribution is 2.26. The average molecular weight is 311 g/mol. The molecule has 0 radical (unpaired) electrons. The number of hydrogen-bond acceptors (Lipinski definition) is 3. The maximum absolute atomic E-state index is 6.29. The van der Waals surface area contributed by atoms with Crippen molar-refractivity contribution in [3.63, 3.8) is 0 Å². The van der Waals surface area contributed by atoms with E-state index in [0.717, 1.165) is 29.2 Å². The zero-order valence-electron chi connectivity index (χ0n) is 13.0. The van der Waals surface area contributed by atoms with Crippen LogP contribution in [0.25, 0.3) is 11.2 Å². The summed E-state index contributed by atoms with van der Waals surface area (Å²) >= 11 is 6.29. The highest BCUT2D eigenvalue weighted by Gasteiger charge is 2.21. The molecular weight excluding hydrogens is 288 g/mol. The first-order valence-corrected chi connectivity index (χ1v) is 8.17. The van der Waals surface area contributed by atoms with Gasteiger partial charge in [0.15, 0.2) is 5.65 Å². The first kappa shape index (κ1) is 14.9.